The van der Waals surface area contributed by atoms with Crippen molar-refractivity contribution >= 4 is 5.78 Å². The molecule has 0 atom stereocenters. The highest BCUT2D eigenvalue weighted by molar-refractivity contribution is 5.25. The molecule has 0 aromatic carbocycles. The summed E-state index contributed by atoms with van der Waals surface area (Å²) in [7, 11) is 0. The van der Waals surface area contributed by atoms with E-state index in [1.165, 1.54) is 75.1 Å². The Balaban J connectivity index is 1.52. The lowest BCUT2D eigenvalue weighted by atomic mass is 10.0. The lowest BCUT2D eigenvalue weighted by molar-refractivity contribution is 0.548. The van der Waals surface area contributed by atoms with Crippen molar-refractivity contribution in [3.8, 4) is 0 Å². The molecule has 0 radical (unpaired) electrons. The second-order valence-corrected chi connectivity index (χ2v) is 6.39. The maximum Gasteiger partial charge on any atom is 0.274 e. The van der Waals surface area contributed by atoms with E-state index in [1.807, 2.05) is 0 Å². The van der Waals surface area contributed by atoms with Crippen molar-refractivity contribution in [3.63, 3.8) is 0 Å². The number of fused-ring (bicyclic) bond motifs is 1. The fourth-order valence-corrected chi connectivity index (χ4v) is 2.97. The van der Waals surface area contributed by atoms with Gasteiger partial charge < -0.3 is 0 Å². The van der Waals surface area contributed by atoms with Gasteiger partial charge in [0, 0.05) is 6.07 Å². The molecule has 23 heavy (non-hydrogen) atoms. The SMILES string of the molecule is CCCCCCCCCCCCCc1cc(=O)n2[nH]cnc2n1. The standard InChI is InChI=1S/C18H30N4O/c1-2-3-4-5-6-7-8-9-10-11-12-13-16-14-17(23)22-18(21-16)19-15-20-22/h14-15H,2-13H2,1H3,(H,19,20,21). The predicted molar refractivity (Wildman–Crippen MR) is 93.8 cm³/mol. The molecule has 0 saturated carbocycles. The summed E-state index contributed by atoms with van der Waals surface area (Å²) in [5, 5.41) is 2.76. The number of aromatic nitrogens is 4. The summed E-state index contributed by atoms with van der Waals surface area (Å²) in [5.74, 6) is 0.468. The van der Waals surface area contributed by atoms with Crippen LogP contribution in [0.2, 0.25) is 0 Å². The summed E-state index contributed by atoms with van der Waals surface area (Å²) in [4.78, 5) is 20.3. The fourth-order valence-electron chi connectivity index (χ4n) is 2.97. The maximum absolute atomic E-state index is 11.8. The van der Waals surface area contributed by atoms with Crippen molar-refractivity contribution in [2.45, 2.75) is 84.0 Å². The van der Waals surface area contributed by atoms with Crippen LogP contribution < -0.4 is 5.56 Å². The van der Waals surface area contributed by atoms with Gasteiger partial charge >= 0.3 is 0 Å². The molecule has 128 valence electrons. The van der Waals surface area contributed by atoms with Gasteiger partial charge in [0.1, 0.15) is 6.33 Å². The molecule has 0 spiro atoms. The molecule has 0 bridgehead atoms. The van der Waals surface area contributed by atoms with Crippen LogP contribution in [0.25, 0.3) is 5.78 Å². The van der Waals surface area contributed by atoms with E-state index in [9.17, 15) is 4.79 Å². The zero-order valence-electron chi connectivity index (χ0n) is 14.4. The van der Waals surface area contributed by atoms with Crippen LogP contribution >= 0.6 is 0 Å². The molecule has 0 fully saturated rings. The third kappa shape index (κ3) is 6.16. The molecule has 0 aliphatic carbocycles. The second kappa shape index (κ2) is 10.2. The molecule has 0 aliphatic heterocycles. The largest absolute Gasteiger partial charge is 0.278 e. The number of aromatic amines is 1. The van der Waals surface area contributed by atoms with Crippen LogP contribution in [-0.4, -0.2) is 19.6 Å². The van der Waals surface area contributed by atoms with Crippen LogP contribution in [0.5, 0.6) is 0 Å². The zero-order chi connectivity index (χ0) is 16.3. The van der Waals surface area contributed by atoms with Crippen molar-refractivity contribution in [1.29, 1.82) is 0 Å². The molecule has 2 aromatic rings. The van der Waals surface area contributed by atoms with Gasteiger partial charge in [0.2, 0.25) is 0 Å². The van der Waals surface area contributed by atoms with Crippen molar-refractivity contribution in [2.75, 3.05) is 0 Å². The number of unbranched alkanes of at least 4 members (excludes halogenated alkanes) is 10. The number of hydrogen-bond acceptors (Lipinski definition) is 3. The first-order valence-electron chi connectivity index (χ1n) is 9.23. The van der Waals surface area contributed by atoms with Gasteiger partial charge in [0.25, 0.3) is 11.3 Å². The minimum absolute atomic E-state index is 0.0782. The van der Waals surface area contributed by atoms with Gasteiger partial charge in [-0.1, -0.05) is 71.1 Å². The number of H-pyrrole nitrogens is 1. The summed E-state index contributed by atoms with van der Waals surface area (Å²) in [6, 6.07) is 1.61. The topological polar surface area (TPSA) is 63.0 Å². The van der Waals surface area contributed by atoms with Crippen LogP contribution in [0.3, 0.4) is 0 Å². The normalized spacial score (nSPS) is 11.3. The third-order valence-electron chi connectivity index (χ3n) is 4.36. The van der Waals surface area contributed by atoms with Crippen LogP contribution in [0.15, 0.2) is 17.2 Å². The first kappa shape index (κ1) is 17.7. The number of rotatable bonds is 12. The highest BCUT2D eigenvalue weighted by Crippen LogP contribution is 2.12. The van der Waals surface area contributed by atoms with Crippen LogP contribution in [-0.2, 0) is 6.42 Å². The van der Waals surface area contributed by atoms with Crippen LogP contribution in [0, 0.1) is 0 Å². The average molecular weight is 318 g/mol. The Kier molecular flexibility index (Phi) is 7.84. The first-order valence-corrected chi connectivity index (χ1v) is 9.23. The molecule has 0 amide bonds. The smallest absolute Gasteiger partial charge is 0.274 e. The van der Waals surface area contributed by atoms with Crippen molar-refractivity contribution in [3.05, 3.63) is 28.4 Å². The van der Waals surface area contributed by atoms with Gasteiger partial charge in [0.05, 0.1) is 5.69 Å². The van der Waals surface area contributed by atoms with Crippen LogP contribution in [0.1, 0.15) is 83.2 Å². The van der Waals surface area contributed by atoms with E-state index < -0.39 is 0 Å². The molecule has 2 heterocycles. The van der Waals surface area contributed by atoms with Gasteiger partial charge in [-0.15, -0.1) is 0 Å². The Bertz CT molecular complexity index is 617. The number of nitrogens with zero attached hydrogens (tertiary/aromatic N) is 3. The Morgan fingerprint density at radius 3 is 2.22 bits per heavy atom. The van der Waals surface area contributed by atoms with E-state index >= 15 is 0 Å². The second-order valence-electron chi connectivity index (χ2n) is 6.39. The van der Waals surface area contributed by atoms with Crippen molar-refractivity contribution in [1.82, 2.24) is 19.6 Å². The Morgan fingerprint density at radius 1 is 0.957 bits per heavy atom. The summed E-state index contributed by atoms with van der Waals surface area (Å²) in [6.45, 7) is 2.26. The van der Waals surface area contributed by atoms with E-state index in [4.69, 9.17) is 0 Å². The number of nitrogens with one attached hydrogen (secondary N) is 1. The summed E-state index contributed by atoms with van der Waals surface area (Å²) in [5.41, 5.74) is 0.781. The van der Waals surface area contributed by atoms with Crippen molar-refractivity contribution < 1.29 is 0 Å². The molecular weight excluding hydrogens is 288 g/mol. The quantitative estimate of drug-likeness (QED) is 0.594. The minimum Gasteiger partial charge on any atom is -0.278 e. The number of hydrogen-bond donors (Lipinski definition) is 1. The highest BCUT2D eigenvalue weighted by atomic mass is 16.1. The molecular formula is C18H30N4O. The van der Waals surface area contributed by atoms with Gasteiger partial charge in [-0.05, 0) is 12.8 Å². The van der Waals surface area contributed by atoms with E-state index in [-0.39, 0.29) is 5.56 Å². The fraction of sp³-hybridized carbons (Fsp3) is 0.722. The monoisotopic (exact) mass is 318 g/mol. The van der Waals surface area contributed by atoms with Gasteiger partial charge in [-0.25, -0.2) is 9.97 Å². The first-order chi connectivity index (χ1) is 11.3. The summed E-state index contributed by atoms with van der Waals surface area (Å²) < 4.78 is 1.37. The predicted octanol–water partition coefficient (Wildman–Crippen LogP) is 4.27. The van der Waals surface area contributed by atoms with E-state index in [2.05, 4.69) is 22.0 Å². The Labute approximate surface area is 138 Å². The molecule has 2 aromatic heterocycles. The maximum atomic E-state index is 11.8. The molecule has 5 heteroatoms. The lowest BCUT2D eigenvalue weighted by Gasteiger charge is -2.03. The Hall–Kier alpha value is -1.65. The van der Waals surface area contributed by atoms with E-state index in [0.29, 0.717) is 5.78 Å². The molecule has 0 unspecified atom stereocenters. The average Bonchev–Trinajstić information content (AvgIpc) is 3.02. The van der Waals surface area contributed by atoms with E-state index in [1.54, 1.807) is 6.07 Å². The zero-order valence-corrected chi connectivity index (χ0v) is 14.4. The van der Waals surface area contributed by atoms with Gasteiger partial charge in [-0.2, -0.15) is 4.52 Å². The van der Waals surface area contributed by atoms with Gasteiger partial charge in [0.15, 0.2) is 0 Å². The van der Waals surface area contributed by atoms with Crippen LogP contribution in [0.4, 0.5) is 0 Å². The molecule has 1 N–H and O–H groups in total. The molecule has 0 saturated heterocycles. The van der Waals surface area contributed by atoms with Gasteiger partial charge in [-0.3, -0.25) is 9.89 Å². The summed E-state index contributed by atoms with van der Waals surface area (Å²) >= 11 is 0. The Morgan fingerprint density at radius 2 is 1.57 bits per heavy atom. The molecule has 2 rings (SSSR count). The lowest BCUT2D eigenvalue weighted by Crippen LogP contribution is -2.15. The highest BCUT2D eigenvalue weighted by Gasteiger charge is 2.03. The number of aryl methyl sites for hydroxylation is 1. The third-order valence-corrected chi connectivity index (χ3v) is 4.36. The van der Waals surface area contributed by atoms with E-state index in [0.717, 1.165) is 18.5 Å². The molecule has 5 nitrogen and oxygen atoms in total. The van der Waals surface area contributed by atoms with Crippen molar-refractivity contribution in [2.24, 2.45) is 0 Å². The molecule has 0 aliphatic rings. The minimum atomic E-state index is -0.0782. The summed E-state index contributed by atoms with van der Waals surface area (Å²) in [6.07, 6.45) is 17.0.